The van der Waals surface area contributed by atoms with E-state index in [-0.39, 0.29) is 9.79 Å². The monoisotopic (exact) mass is 445 g/mol. The van der Waals surface area contributed by atoms with Crippen molar-refractivity contribution in [1.29, 1.82) is 0 Å². The summed E-state index contributed by atoms with van der Waals surface area (Å²) in [6.45, 7) is 2.67. The van der Waals surface area contributed by atoms with Crippen LogP contribution in [0.2, 0.25) is 0 Å². The molecule has 0 radical (unpaired) electrons. The maximum atomic E-state index is 12.9. The molecule has 0 unspecified atom stereocenters. The third-order valence-corrected chi connectivity index (χ3v) is 7.23. The molecule has 8 heteroatoms. The van der Waals surface area contributed by atoms with Crippen LogP contribution in [-0.4, -0.2) is 23.1 Å². The molecule has 0 aliphatic heterocycles. The van der Waals surface area contributed by atoms with Crippen molar-refractivity contribution in [3.8, 4) is 0 Å². The summed E-state index contributed by atoms with van der Waals surface area (Å²) in [4.78, 5) is -0.522. The Hall–Kier alpha value is -2.68. The Morgan fingerprint density at radius 3 is 2.10 bits per heavy atom. The second-order valence-electron chi connectivity index (χ2n) is 6.94. The van der Waals surface area contributed by atoms with Gasteiger partial charge in [-0.05, 0) is 47.9 Å². The molecule has 30 heavy (non-hydrogen) atoms. The molecule has 0 heterocycles. The Bertz CT molecular complexity index is 1240. The van der Waals surface area contributed by atoms with E-state index in [0.717, 1.165) is 22.9 Å². The summed E-state index contributed by atoms with van der Waals surface area (Å²) in [5, 5.41) is 0. The lowest BCUT2D eigenvalue weighted by atomic mass is 10.1. The van der Waals surface area contributed by atoms with Crippen molar-refractivity contribution in [2.75, 3.05) is 11.0 Å². The number of nitrogens with one attached hydrogen (secondary N) is 1. The Labute approximate surface area is 177 Å². The molecule has 6 nitrogen and oxygen atoms in total. The van der Waals surface area contributed by atoms with Crippen LogP contribution in [-0.2, 0) is 37.8 Å². The standard InChI is InChI=1S/C22H23NO5S2/c1-17-12-13-20(14-19(17)16-28-15-18-8-4-3-5-9-18)23-30(26,27)22-11-7-6-10-21(22)29(2,24)25/h3-14,23H,15-16H2,1-2H3. The first-order chi connectivity index (χ1) is 14.2. The summed E-state index contributed by atoms with van der Waals surface area (Å²) in [6, 6.07) is 20.4. The number of anilines is 1. The highest BCUT2D eigenvalue weighted by Gasteiger charge is 2.23. The fourth-order valence-electron chi connectivity index (χ4n) is 2.93. The first-order valence-electron chi connectivity index (χ1n) is 9.20. The highest BCUT2D eigenvalue weighted by molar-refractivity contribution is 7.95. The van der Waals surface area contributed by atoms with Crippen molar-refractivity contribution in [3.63, 3.8) is 0 Å². The van der Waals surface area contributed by atoms with Gasteiger partial charge in [0.15, 0.2) is 9.84 Å². The fourth-order valence-corrected chi connectivity index (χ4v) is 5.61. The normalized spacial score (nSPS) is 11.9. The van der Waals surface area contributed by atoms with E-state index in [0.29, 0.717) is 18.9 Å². The minimum absolute atomic E-state index is 0.240. The highest BCUT2D eigenvalue weighted by atomic mass is 32.2. The molecular formula is C22H23NO5S2. The first-order valence-corrected chi connectivity index (χ1v) is 12.6. The molecule has 3 rings (SSSR count). The van der Waals surface area contributed by atoms with Gasteiger partial charge in [0, 0.05) is 11.9 Å². The predicted octanol–water partition coefficient (Wildman–Crippen LogP) is 3.92. The lowest BCUT2D eigenvalue weighted by Crippen LogP contribution is -2.16. The number of rotatable bonds is 8. The van der Waals surface area contributed by atoms with Gasteiger partial charge in [-0.3, -0.25) is 4.72 Å². The summed E-state index contributed by atoms with van der Waals surface area (Å²) >= 11 is 0. The van der Waals surface area contributed by atoms with Gasteiger partial charge < -0.3 is 4.74 Å². The number of benzene rings is 3. The van der Waals surface area contributed by atoms with Crippen molar-refractivity contribution in [2.24, 2.45) is 0 Å². The van der Waals surface area contributed by atoms with Crippen LogP contribution in [0.15, 0.2) is 82.6 Å². The first kappa shape index (κ1) is 22.0. The molecule has 158 valence electrons. The third kappa shape index (κ3) is 5.47. The van der Waals surface area contributed by atoms with Gasteiger partial charge in [0.1, 0.15) is 4.90 Å². The molecule has 0 atom stereocenters. The molecule has 0 amide bonds. The molecule has 0 aliphatic rings. The number of hydrogen-bond donors (Lipinski definition) is 1. The summed E-state index contributed by atoms with van der Waals surface area (Å²) < 4.78 is 57.9. The Balaban J connectivity index is 1.80. The summed E-state index contributed by atoms with van der Waals surface area (Å²) in [5.74, 6) is 0. The number of ether oxygens (including phenoxy) is 1. The van der Waals surface area contributed by atoms with Crippen LogP contribution >= 0.6 is 0 Å². The van der Waals surface area contributed by atoms with Crippen LogP contribution in [0.25, 0.3) is 0 Å². The number of hydrogen-bond acceptors (Lipinski definition) is 5. The molecule has 0 saturated carbocycles. The Morgan fingerprint density at radius 2 is 1.43 bits per heavy atom. The zero-order valence-corrected chi connectivity index (χ0v) is 18.3. The van der Waals surface area contributed by atoms with E-state index < -0.39 is 19.9 Å². The molecule has 0 saturated heterocycles. The largest absolute Gasteiger partial charge is 0.372 e. The van der Waals surface area contributed by atoms with Gasteiger partial charge >= 0.3 is 0 Å². The molecule has 0 aliphatic carbocycles. The zero-order valence-electron chi connectivity index (χ0n) is 16.7. The van der Waals surface area contributed by atoms with E-state index in [2.05, 4.69) is 4.72 Å². The number of sulfonamides is 1. The van der Waals surface area contributed by atoms with Crippen LogP contribution in [0.3, 0.4) is 0 Å². The molecule has 0 aromatic heterocycles. The predicted molar refractivity (Wildman–Crippen MR) is 116 cm³/mol. The van der Waals surface area contributed by atoms with Gasteiger partial charge in [-0.1, -0.05) is 48.5 Å². The van der Waals surface area contributed by atoms with Crippen LogP contribution in [0.1, 0.15) is 16.7 Å². The molecular weight excluding hydrogens is 422 g/mol. The van der Waals surface area contributed by atoms with Gasteiger partial charge in [-0.2, -0.15) is 0 Å². The van der Waals surface area contributed by atoms with Crippen molar-refractivity contribution in [1.82, 2.24) is 0 Å². The number of aryl methyl sites for hydroxylation is 1. The van der Waals surface area contributed by atoms with Crippen LogP contribution in [0.5, 0.6) is 0 Å². The van der Waals surface area contributed by atoms with E-state index in [4.69, 9.17) is 4.74 Å². The molecule has 3 aromatic carbocycles. The second kappa shape index (κ2) is 8.99. The fraction of sp³-hybridized carbons (Fsp3) is 0.182. The average Bonchev–Trinajstić information content (AvgIpc) is 2.70. The van der Waals surface area contributed by atoms with Gasteiger partial charge in [0.25, 0.3) is 10.0 Å². The van der Waals surface area contributed by atoms with Crippen molar-refractivity contribution in [2.45, 2.75) is 29.9 Å². The van der Waals surface area contributed by atoms with Gasteiger partial charge in [0.05, 0.1) is 18.1 Å². The molecule has 3 aromatic rings. The Morgan fingerprint density at radius 1 is 0.800 bits per heavy atom. The van der Waals surface area contributed by atoms with E-state index in [1.807, 2.05) is 37.3 Å². The SMILES string of the molecule is Cc1ccc(NS(=O)(=O)c2ccccc2S(C)(=O)=O)cc1COCc1ccccc1. The van der Waals surface area contributed by atoms with Gasteiger partial charge in [-0.15, -0.1) is 0 Å². The quantitative estimate of drug-likeness (QED) is 0.568. The van der Waals surface area contributed by atoms with Crippen LogP contribution in [0, 0.1) is 6.92 Å². The third-order valence-electron chi connectivity index (χ3n) is 4.51. The van der Waals surface area contributed by atoms with Crippen LogP contribution < -0.4 is 4.72 Å². The average molecular weight is 446 g/mol. The van der Waals surface area contributed by atoms with Crippen LogP contribution in [0.4, 0.5) is 5.69 Å². The van der Waals surface area contributed by atoms with E-state index >= 15 is 0 Å². The highest BCUT2D eigenvalue weighted by Crippen LogP contribution is 2.25. The van der Waals surface area contributed by atoms with Gasteiger partial charge in [0.2, 0.25) is 0 Å². The lowest BCUT2D eigenvalue weighted by Gasteiger charge is -2.14. The molecule has 0 fully saturated rings. The van der Waals surface area contributed by atoms with Crippen molar-refractivity contribution < 1.29 is 21.6 Å². The minimum Gasteiger partial charge on any atom is -0.372 e. The van der Waals surface area contributed by atoms with Crippen molar-refractivity contribution >= 4 is 25.5 Å². The number of sulfone groups is 1. The summed E-state index contributed by atoms with van der Waals surface area (Å²) in [5.41, 5.74) is 3.18. The van der Waals surface area contributed by atoms with Crippen molar-refractivity contribution in [3.05, 3.63) is 89.5 Å². The molecule has 0 bridgehead atoms. The van der Waals surface area contributed by atoms with E-state index in [1.165, 1.54) is 24.3 Å². The van der Waals surface area contributed by atoms with E-state index in [1.54, 1.807) is 18.2 Å². The maximum absolute atomic E-state index is 12.9. The summed E-state index contributed by atoms with van der Waals surface area (Å²) in [6.07, 6.45) is 0.982. The molecule has 0 spiro atoms. The summed E-state index contributed by atoms with van der Waals surface area (Å²) in [7, 11) is -7.79. The molecule has 1 N–H and O–H groups in total. The van der Waals surface area contributed by atoms with E-state index in [9.17, 15) is 16.8 Å². The minimum atomic E-state index is -4.09. The lowest BCUT2D eigenvalue weighted by molar-refractivity contribution is 0.107. The maximum Gasteiger partial charge on any atom is 0.263 e. The van der Waals surface area contributed by atoms with Gasteiger partial charge in [-0.25, -0.2) is 16.8 Å². The zero-order chi connectivity index (χ0) is 21.8. The topological polar surface area (TPSA) is 89.5 Å². The smallest absolute Gasteiger partial charge is 0.263 e. The second-order valence-corrected chi connectivity index (χ2v) is 10.6. The Kier molecular flexibility index (Phi) is 6.60.